The van der Waals surface area contributed by atoms with Crippen LogP contribution >= 0.6 is 11.6 Å². The molecule has 7 nitrogen and oxygen atoms in total. The van der Waals surface area contributed by atoms with Crippen molar-refractivity contribution in [2.45, 2.75) is 35.8 Å². The van der Waals surface area contributed by atoms with Crippen LogP contribution in [0.2, 0.25) is 5.02 Å². The molecule has 1 atom stereocenters. The zero-order valence-corrected chi connectivity index (χ0v) is 18.8. The van der Waals surface area contributed by atoms with Crippen molar-refractivity contribution >= 4 is 34.5 Å². The smallest absolute Gasteiger partial charge is 0.228 e. The summed E-state index contributed by atoms with van der Waals surface area (Å²) in [6.45, 7) is 2.40. The number of methoxy groups -OCH3 is 1. The van der Waals surface area contributed by atoms with Gasteiger partial charge in [-0.15, -0.1) is 0 Å². The Kier molecular flexibility index (Phi) is 5.72. The SMILES string of the molecule is COC1(c2ccc(Cl)c(F)c2)CN(c2nc3c(c(NC4CCOCC4)n2)[S@+]([O-])CC3)C1. The van der Waals surface area contributed by atoms with Crippen LogP contribution in [0.3, 0.4) is 0 Å². The lowest BCUT2D eigenvalue weighted by atomic mass is 9.86. The summed E-state index contributed by atoms with van der Waals surface area (Å²) in [5, 5.41) is 3.58. The van der Waals surface area contributed by atoms with Gasteiger partial charge in [-0.1, -0.05) is 17.7 Å². The highest BCUT2D eigenvalue weighted by Gasteiger charge is 2.47. The molecule has 0 radical (unpaired) electrons. The summed E-state index contributed by atoms with van der Waals surface area (Å²) in [5.41, 5.74) is 0.923. The molecular formula is C21H24ClFN4O3S. The Morgan fingerprint density at radius 3 is 2.81 bits per heavy atom. The van der Waals surface area contributed by atoms with Gasteiger partial charge in [0.25, 0.3) is 0 Å². The molecule has 4 heterocycles. The fraction of sp³-hybridized carbons (Fsp3) is 0.524. The number of nitrogens with one attached hydrogen (secondary N) is 1. The number of nitrogens with zero attached hydrogens (tertiary/aromatic N) is 3. The predicted molar refractivity (Wildman–Crippen MR) is 117 cm³/mol. The van der Waals surface area contributed by atoms with Crippen LogP contribution in [0.15, 0.2) is 23.1 Å². The molecule has 3 aliphatic rings. The summed E-state index contributed by atoms with van der Waals surface area (Å²) in [7, 11) is 1.62. The molecule has 1 aromatic heterocycles. The molecule has 166 valence electrons. The highest BCUT2D eigenvalue weighted by Crippen LogP contribution is 2.40. The van der Waals surface area contributed by atoms with Crippen LogP contribution in [0.4, 0.5) is 16.2 Å². The van der Waals surface area contributed by atoms with Gasteiger partial charge >= 0.3 is 0 Å². The molecule has 10 heteroatoms. The summed E-state index contributed by atoms with van der Waals surface area (Å²) in [6, 6.07) is 5.00. The molecule has 1 N–H and O–H groups in total. The molecule has 1 aromatic carbocycles. The Morgan fingerprint density at radius 2 is 2.10 bits per heavy atom. The van der Waals surface area contributed by atoms with Crippen LogP contribution in [-0.4, -0.2) is 59.7 Å². The van der Waals surface area contributed by atoms with Crippen LogP contribution in [0.25, 0.3) is 0 Å². The number of fused-ring (bicyclic) bond motifs is 1. The van der Waals surface area contributed by atoms with Crippen molar-refractivity contribution in [3.05, 3.63) is 40.3 Å². The third kappa shape index (κ3) is 3.87. The standard InChI is InChI=1S/C21H24ClFN4O3S/c1-29-21(13-2-3-15(22)16(23)10-13)11-27(12-21)20-25-17-6-9-31(28)18(17)19(26-20)24-14-4-7-30-8-5-14/h2-3,10,14H,4-9,11-12H2,1H3,(H,24,25,26)/t31-/m1/s1. The van der Waals surface area contributed by atoms with E-state index in [1.807, 2.05) is 4.90 Å². The van der Waals surface area contributed by atoms with Gasteiger partial charge in [0.1, 0.15) is 22.9 Å². The lowest BCUT2D eigenvalue weighted by Crippen LogP contribution is -2.61. The van der Waals surface area contributed by atoms with Gasteiger partial charge in [-0.2, -0.15) is 4.98 Å². The van der Waals surface area contributed by atoms with Crippen LogP contribution in [0.5, 0.6) is 0 Å². The summed E-state index contributed by atoms with van der Waals surface area (Å²) in [6.07, 6.45) is 2.45. The van der Waals surface area contributed by atoms with Gasteiger partial charge in [0.05, 0.1) is 18.1 Å². The second-order valence-corrected chi connectivity index (χ2v) is 10.1. The maximum absolute atomic E-state index is 14.0. The Labute approximate surface area is 188 Å². The van der Waals surface area contributed by atoms with E-state index in [1.54, 1.807) is 19.2 Å². The van der Waals surface area contributed by atoms with Gasteiger partial charge in [0, 0.05) is 32.8 Å². The summed E-state index contributed by atoms with van der Waals surface area (Å²) < 4.78 is 37.8. The van der Waals surface area contributed by atoms with E-state index in [2.05, 4.69) is 5.32 Å². The van der Waals surface area contributed by atoms with Gasteiger partial charge in [-0.05, 0) is 41.7 Å². The van der Waals surface area contributed by atoms with E-state index in [0.29, 0.717) is 50.2 Å². The average molecular weight is 467 g/mol. The fourth-order valence-electron chi connectivity index (χ4n) is 4.38. The highest BCUT2D eigenvalue weighted by atomic mass is 35.5. The number of hydrogen-bond donors (Lipinski definition) is 1. The van der Waals surface area contributed by atoms with Gasteiger partial charge < -0.3 is 24.2 Å². The first-order valence-electron chi connectivity index (χ1n) is 10.4. The molecule has 0 saturated carbocycles. The lowest BCUT2D eigenvalue weighted by Gasteiger charge is -2.49. The summed E-state index contributed by atoms with van der Waals surface area (Å²) in [5.74, 6) is 1.35. The third-order valence-electron chi connectivity index (χ3n) is 6.25. The van der Waals surface area contributed by atoms with E-state index >= 15 is 0 Å². The van der Waals surface area contributed by atoms with Crippen molar-refractivity contribution in [1.29, 1.82) is 0 Å². The number of rotatable bonds is 5. The predicted octanol–water partition coefficient (Wildman–Crippen LogP) is 2.89. The Morgan fingerprint density at radius 1 is 1.32 bits per heavy atom. The molecule has 31 heavy (non-hydrogen) atoms. The van der Waals surface area contributed by atoms with Crippen molar-refractivity contribution < 1.29 is 18.4 Å². The molecule has 0 spiro atoms. The minimum Gasteiger partial charge on any atom is -0.611 e. The summed E-state index contributed by atoms with van der Waals surface area (Å²) >= 11 is 4.75. The van der Waals surface area contributed by atoms with E-state index in [0.717, 1.165) is 29.0 Å². The molecular weight excluding hydrogens is 443 g/mol. The zero-order valence-electron chi connectivity index (χ0n) is 17.2. The van der Waals surface area contributed by atoms with Crippen molar-refractivity contribution in [2.75, 3.05) is 49.4 Å². The number of ether oxygens (including phenoxy) is 2. The number of anilines is 2. The molecule has 2 fully saturated rings. The number of aryl methyl sites for hydroxylation is 1. The van der Waals surface area contributed by atoms with E-state index in [9.17, 15) is 8.94 Å². The van der Waals surface area contributed by atoms with Crippen molar-refractivity contribution in [1.82, 2.24) is 9.97 Å². The van der Waals surface area contributed by atoms with E-state index in [1.165, 1.54) is 6.07 Å². The zero-order chi connectivity index (χ0) is 21.6. The van der Waals surface area contributed by atoms with Crippen LogP contribution in [0, 0.1) is 5.82 Å². The topological polar surface area (TPSA) is 82.6 Å². The maximum Gasteiger partial charge on any atom is 0.228 e. The maximum atomic E-state index is 14.0. The molecule has 0 amide bonds. The molecule has 5 rings (SSSR count). The van der Waals surface area contributed by atoms with Crippen LogP contribution in [-0.2, 0) is 32.7 Å². The van der Waals surface area contributed by atoms with Crippen LogP contribution < -0.4 is 10.2 Å². The number of aromatic nitrogens is 2. The first-order chi connectivity index (χ1) is 15.0. The second kappa shape index (κ2) is 8.37. The van der Waals surface area contributed by atoms with Gasteiger partial charge in [0.2, 0.25) is 10.8 Å². The minimum atomic E-state index is -1.09. The molecule has 0 aliphatic carbocycles. The van der Waals surface area contributed by atoms with E-state index < -0.39 is 22.6 Å². The van der Waals surface area contributed by atoms with Gasteiger partial charge in [-0.3, -0.25) is 0 Å². The number of halogens is 2. The number of benzene rings is 1. The van der Waals surface area contributed by atoms with E-state index in [-0.39, 0.29) is 11.1 Å². The third-order valence-corrected chi connectivity index (χ3v) is 8.02. The first-order valence-corrected chi connectivity index (χ1v) is 12.1. The fourth-order valence-corrected chi connectivity index (χ4v) is 5.81. The highest BCUT2D eigenvalue weighted by molar-refractivity contribution is 7.91. The molecule has 2 saturated heterocycles. The minimum absolute atomic E-state index is 0.0879. The number of hydrogen-bond acceptors (Lipinski definition) is 7. The molecule has 0 unspecified atom stereocenters. The quantitative estimate of drug-likeness (QED) is 0.678. The Bertz CT molecular complexity index is 985. The normalized spacial score (nSPS) is 22.8. The van der Waals surface area contributed by atoms with Crippen molar-refractivity contribution in [3.8, 4) is 0 Å². The molecule has 0 bridgehead atoms. The average Bonchev–Trinajstić information content (AvgIpc) is 3.12. The van der Waals surface area contributed by atoms with E-state index in [4.69, 9.17) is 31.0 Å². The van der Waals surface area contributed by atoms with Crippen molar-refractivity contribution in [2.24, 2.45) is 0 Å². The first kappa shape index (κ1) is 21.2. The lowest BCUT2D eigenvalue weighted by molar-refractivity contribution is -0.0392. The summed E-state index contributed by atoms with van der Waals surface area (Å²) in [4.78, 5) is 12.2. The van der Waals surface area contributed by atoms with Crippen molar-refractivity contribution in [3.63, 3.8) is 0 Å². The second-order valence-electron chi connectivity index (χ2n) is 8.16. The Hall–Kier alpha value is -1.65. The largest absolute Gasteiger partial charge is 0.611 e. The Balaban J connectivity index is 1.40. The van der Waals surface area contributed by atoms with Gasteiger partial charge in [0.15, 0.2) is 5.82 Å². The monoisotopic (exact) mass is 466 g/mol. The van der Waals surface area contributed by atoms with Crippen LogP contribution in [0.1, 0.15) is 24.1 Å². The molecule has 2 aromatic rings. The van der Waals surface area contributed by atoms with Gasteiger partial charge in [-0.25, -0.2) is 9.37 Å². The molecule has 3 aliphatic heterocycles.